The molecule has 0 radical (unpaired) electrons. The van der Waals surface area contributed by atoms with Gasteiger partial charge < -0.3 is 14.6 Å². The summed E-state index contributed by atoms with van der Waals surface area (Å²) in [5.41, 5.74) is 1.39. The predicted molar refractivity (Wildman–Crippen MR) is 99.4 cm³/mol. The maximum atomic E-state index is 12.0. The van der Waals surface area contributed by atoms with Gasteiger partial charge in [-0.3, -0.25) is 4.79 Å². The van der Waals surface area contributed by atoms with Crippen molar-refractivity contribution in [3.05, 3.63) is 59.4 Å². The molecule has 0 aliphatic rings. The van der Waals surface area contributed by atoms with E-state index in [1.54, 1.807) is 42.5 Å². The van der Waals surface area contributed by atoms with Crippen molar-refractivity contribution in [2.45, 2.75) is 19.8 Å². The minimum Gasteiger partial charge on any atom is -0.484 e. The summed E-state index contributed by atoms with van der Waals surface area (Å²) in [6, 6.07) is 14.0. The van der Waals surface area contributed by atoms with Crippen LogP contribution in [0.2, 0.25) is 5.02 Å². The lowest BCUT2D eigenvalue weighted by Crippen LogP contribution is -2.20. The summed E-state index contributed by atoms with van der Waals surface area (Å²) in [6.07, 6.45) is 0. The molecular formula is C19H18ClN3O3. The molecule has 0 unspecified atom stereocenters. The van der Waals surface area contributed by atoms with E-state index in [2.05, 4.69) is 15.5 Å². The first-order valence-electron chi connectivity index (χ1n) is 8.13. The van der Waals surface area contributed by atoms with Gasteiger partial charge in [0, 0.05) is 22.2 Å². The molecule has 3 rings (SSSR count). The molecule has 0 aliphatic carbocycles. The average Bonchev–Trinajstić information content (AvgIpc) is 3.13. The highest BCUT2D eigenvalue weighted by molar-refractivity contribution is 6.30. The van der Waals surface area contributed by atoms with Crippen molar-refractivity contribution in [3.63, 3.8) is 0 Å². The van der Waals surface area contributed by atoms with Crippen LogP contribution in [0.25, 0.3) is 11.5 Å². The van der Waals surface area contributed by atoms with Crippen LogP contribution in [0.4, 0.5) is 5.69 Å². The van der Waals surface area contributed by atoms with Crippen molar-refractivity contribution < 1.29 is 14.1 Å². The Kier molecular flexibility index (Phi) is 5.53. The number of aromatic nitrogens is 2. The number of hydrogen-bond acceptors (Lipinski definition) is 5. The molecule has 3 aromatic rings. The zero-order chi connectivity index (χ0) is 18.5. The van der Waals surface area contributed by atoms with E-state index in [4.69, 9.17) is 20.9 Å². The minimum atomic E-state index is -0.266. The Hall–Kier alpha value is -2.86. The number of anilines is 1. The van der Waals surface area contributed by atoms with Gasteiger partial charge in [-0.05, 0) is 42.5 Å². The quantitative estimate of drug-likeness (QED) is 0.688. The number of ether oxygens (including phenoxy) is 1. The smallest absolute Gasteiger partial charge is 0.262 e. The lowest BCUT2D eigenvalue weighted by molar-refractivity contribution is -0.118. The van der Waals surface area contributed by atoms with E-state index in [9.17, 15) is 4.79 Å². The normalized spacial score (nSPS) is 10.8. The molecular weight excluding hydrogens is 354 g/mol. The molecule has 0 spiro atoms. The molecule has 0 saturated carbocycles. The van der Waals surface area contributed by atoms with E-state index in [1.165, 1.54) is 0 Å². The Balaban J connectivity index is 1.61. The van der Waals surface area contributed by atoms with Crippen LogP contribution >= 0.6 is 11.6 Å². The van der Waals surface area contributed by atoms with Gasteiger partial charge in [-0.1, -0.05) is 36.7 Å². The van der Waals surface area contributed by atoms with Crippen LogP contribution < -0.4 is 10.1 Å². The number of nitrogens with one attached hydrogen (secondary N) is 1. The molecule has 0 aliphatic heterocycles. The van der Waals surface area contributed by atoms with E-state index >= 15 is 0 Å². The van der Waals surface area contributed by atoms with Gasteiger partial charge in [-0.2, -0.15) is 4.98 Å². The number of benzene rings is 2. The second-order valence-electron chi connectivity index (χ2n) is 5.98. The van der Waals surface area contributed by atoms with Gasteiger partial charge in [0.25, 0.3) is 11.8 Å². The Bertz CT molecular complexity index is 891. The third-order valence-corrected chi connectivity index (χ3v) is 3.79. The SMILES string of the molecule is CC(C)c1noc(-c2cccc(OCC(=O)Nc3ccc(Cl)cc3)c2)n1. The van der Waals surface area contributed by atoms with E-state index in [0.717, 1.165) is 5.56 Å². The molecule has 2 aromatic carbocycles. The number of amides is 1. The molecule has 1 aromatic heterocycles. The molecule has 0 atom stereocenters. The van der Waals surface area contributed by atoms with Crippen LogP contribution in [0.5, 0.6) is 5.75 Å². The lowest BCUT2D eigenvalue weighted by atomic mass is 10.2. The monoisotopic (exact) mass is 371 g/mol. The Morgan fingerprint density at radius 3 is 2.69 bits per heavy atom. The zero-order valence-electron chi connectivity index (χ0n) is 14.4. The van der Waals surface area contributed by atoms with Crippen molar-refractivity contribution >= 4 is 23.2 Å². The summed E-state index contributed by atoms with van der Waals surface area (Å²) in [7, 11) is 0. The maximum Gasteiger partial charge on any atom is 0.262 e. The molecule has 0 saturated heterocycles. The van der Waals surface area contributed by atoms with Crippen LogP contribution in [0, 0.1) is 0 Å². The van der Waals surface area contributed by atoms with Gasteiger partial charge in [0.1, 0.15) is 5.75 Å². The van der Waals surface area contributed by atoms with E-state index < -0.39 is 0 Å². The average molecular weight is 372 g/mol. The minimum absolute atomic E-state index is 0.118. The van der Waals surface area contributed by atoms with E-state index in [-0.39, 0.29) is 18.4 Å². The van der Waals surface area contributed by atoms with Crippen molar-refractivity contribution in [2.75, 3.05) is 11.9 Å². The Labute approximate surface area is 156 Å². The highest BCUT2D eigenvalue weighted by Gasteiger charge is 2.12. The van der Waals surface area contributed by atoms with Gasteiger partial charge in [-0.15, -0.1) is 0 Å². The summed E-state index contributed by atoms with van der Waals surface area (Å²) >= 11 is 5.82. The summed E-state index contributed by atoms with van der Waals surface area (Å²) in [5, 5.41) is 7.30. The van der Waals surface area contributed by atoms with E-state index in [0.29, 0.717) is 28.2 Å². The molecule has 1 heterocycles. The predicted octanol–water partition coefficient (Wildman–Crippen LogP) is 4.53. The fourth-order valence-electron chi connectivity index (χ4n) is 2.18. The van der Waals surface area contributed by atoms with Crippen LogP contribution in [-0.4, -0.2) is 22.7 Å². The number of rotatable bonds is 6. The molecule has 0 fully saturated rings. The molecule has 6 nitrogen and oxygen atoms in total. The Morgan fingerprint density at radius 2 is 2.00 bits per heavy atom. The second-order valence-corrected chi connectivity index (χ2v) is 6.42. The number of carbonyl (C=O) groups is 1. The van der Waals surface area contributed by atoms with Crippen molar-refractivity contribution in [3.8, 4) is 17.2 Å². The first-order chi connectivity index (χ1) is 12.5. The fourth-order valence-corrected chi connectivity index (χ4v) is 2.31. The van der Waals surface area contributed by atoms with Gasteiger partial charge >= 0.3 is 0 Å². The summed E-state index contributed by atoms with van der Waals surface area (Å²) in [4.78, 5) is 16.3. The van der Waals surface area contributed by atoms with Gasteiger partial charge in [0.05, 0.1) is 0 Å². The highest BCUT2D eigenvalue weighted by Crippen LogP contribution is 2.24. The molecule has 134 valence electrons. The lowest BCUT2D eigenvalue weighted by Gasteiger charge is -2.08. The third-order valence-electron chi connectivity index (χ3n) is 3.54. The van der Waals surface area contributed by atoms with Crippen LogP contribution in [0.3, 0.4) is 0 Å². The van der Waals surface area contributed by atoms with Crippen molar-refractivity contribution in [1.82, 2.24) is 10.1 Å². The van der Waals surface area contributed by atoms with E-state index in [1.807, 2.05) is 19.9 Å². The standard InChI is InChI=1S/C19H18ClN3O3/c1-12(2)18-22-19(26-23-18)13-4-3-5-16(10-13)25-11-17(24)21-15-8-6-14(20)7-9-15/h3-10,12H,11H2,1-2H3,(H,21,24). The van der Waals surface area contributed by atoms with Gasteiger partial charge in [0.15, 0.2) is 12.4 Å². The first-order valence-corrected chi connectivity index (χ1v) is 8.51. The van der Waals surface area contributed by atoms with Crippen LogP contribution in [-0.2, 0) is 4.79 Å². The molecule has 1 N–H and O–H groups in total. The maximum absolute atomic E-state index is 12.0. The molecule has 0 bridgehead atoms. The topological polar surface area (TPSA) is 77.2 Å². The highest BCUT2D eigenvalue weighted by atomic mass is 35.5. The zero-order valence-corrected chi connectivity index (χ0v) is 15.2. The number of hydrogen-bond donors (Lipinski definition) is 1. The van der Waals surface area contributed by atoms with Crippen LogP contribution in [0.1, 0.15) is 25.6 Å². The van der Waals surface area contributed by atoms with Crippen molar-refractivity contribution in [1.29, 1.82) is 0 Å². The summed E-state index contributed by atoms with van der Waals surface area (Å²) in [5.74, 6) is 1.53. The third kappa shape index (κ3) is 4.61. The number of carbonyl (C=O) groups excluding carboxylic acids is 1. The second kappa shape index (κ2) is 8.01. The number of nitrogens with zero attached hydrogens (tertiary/aromatic N) is 2. The number of halogens is 1. The molecule has 1 amide bonds. The van der Waals surface area contributed by atoms with Gasteiger partial charge in [-0.25, -0.2) is 0 Å². The fraction of sp³-hybridized carbons (Fsp3) is 0.211. The first kappa shape index (κ1) is 17.9. The largest absolute Gasteiger partial charge is 0.484 e. The summed E-state index contributed by atoms with van der Waals surface area (Å²) in [6.45, 7) is 3.87. The summed E-state index contributed by atoms with van der Waals surface area (Å²) < 4.78 is 10.8. The van der Waals surface area contributed by atoms with Crippen molar-refractivity contribution in [2.24, 2.45) is 0 Å². The molecule has 26 heavy (non-hydrogen) atoms. The molecule has 7 heteroatoms. The van der Waals surface area contributed by atoms with Crippen LogP contribution in [0.15, 0.2) is 53.1 Å². The van der Waals surface area contributed by atoms with Gasteiger partial charge in [0.2, 0.25) is 0 Å². The Morgan fingerprint density at radius 1 is 1.23 bits per heavy atom.